The molecule has 1 aliphatic heterocycles. The van der Waals surface area contributed by atoms with E-state index in [0.29, 0.717) is 11.6 Å². The van der Waals surface area contributed by atoms with Crippen molar-refractivity contribution in [3.05, 3.63) is 71.3 Å². The normalized spacial score (nSPS) is 15.2. The fourth-order valence-electron chi connectivity index (χ4n) is 3.89. The minimum absolute atomic E-state index is 0.0532. The van der Waals surface area contributed by atoms with Crippen LogP contribution in [-0.2, 0) is 0 Å². The Kier molecular flexibility index (Phi) is 6.30. The maximum Gasteiger partial charge on any atom is 0.252 e. The van der Waals surface area contributed by atoms with Gasteiger partial charge in [-0.15, -0.1) is 0 Å². The lowest BCUT2D eigenvalue weighted by Gasteiger charge is -2.37. The van der Waals surface area contributed by atoms with E-state index in [1.54, 1.807) is 18.4 Å². The molecule has 5 nitrogen and oxygen atoms in total. The van der Waals surface area contributed by atoms with E-state index < -0.39 is 0 Å². The Labute approximate surface area is 188 Å². The molecule has 0 radical (unpaired) electrons. The van der Waals surface area contributed by atoms with Gasteiger partial charge in [-0.25, -0.2) is 0 Å². The molecule has 1 saturated heterocycles. The predicted octanol–water partition coefficient (Wildman–Crippen LogP) is 4.95. The van der Waals surface area contributed by atoms with Crippen LogP contribution in [0.5, 0.6) is 5.06 Å². The van der Waals surface area contributed by atoms with Crippen molar-refractivity contribution in [2.75, 3.05) is 32.6 Å². The first kappa shape index (κ1) is 21.4. The van der Waals surface area contributed by atoms with E-state index in [0.717, 1.165) is 45.4 Å². The van der Waals surface area contributed by atoms with Crippen LogP contribution in [0, 0.1) is 6.92 Å². The van der Waals surface area contributed by atoms with Gasteiger partial charge in [-0.1, -0.05) is 35.6 Å². The number of carbonyl (C=O) groups excluding carboxylic acids is 1. The molecule has 1 aliphatic rings. The van der Waals surface area contributed by atoms with E-state index in [4.69, 9.17) is 4.74 Å². The second-order valence-corrected chi connectivity index (χ2v) is 9.28. The highest BCUT2D eigenvalue weighted by atomic mass is 32.1. The van der Waals surface area contributed by atoms with Gasteiger partial charge in [0.15, 0.2) is 5.06 Å². The van der Waals surface area contributed by atoms with E-state index >= 15 is 0 Å². The van der Waals surface area contributed by atoms with Gasteiger partial charge in [0.05, 0.1) is 19.2 Å². The summed E-state index contributed by atoms with van der Waals surface area (Å²) in [4.78, 5) is 16.5. The highest BCUT2D eigenvalue weighted by Crippen LogP contribution is 2.33. The van der Waals surface area contributed by atoms with Gasteiger partial charge in [0.25, 0.3) is 5.91 Å². The van der Waals surface area contributed by atoms with Gasteiger partial charge in [0.1, 0.15) is 0 Å². The second kappa shape index (κ2) is 9.12. The zero-order chi connectivity index (χ0) is 22.0. The number of nitrogens with one attached hydrogen (secondary N) is 2. The molecule has 1 unspecified atom stereocenters. The van der Waals surface area contributed by atoms with Gasteiger partial charge in [-0.3, -0.25) is 4.79 Å². The van der Waals surface area contributed by atoms with E-state index in [9.17, 15) is 4.79 Å². The van der Waals surface area contributed by atoms with E-state index in [1.165, 1.54) is 0 Å². The summed E-state index contributed by atoms with van der Waals surface area (Å²) in [7, 11) is 3.79. The molecule has 0 bridgehead atoms. The molecular weight excluding hydrogens is 406 g/mol. The van der Waals surface area contributed by atoms with E-state index in [2.05, 4.69) is 46.8 Å². The standard InChI is InChI=1S/C25H29N3O2S/c1-16-8-9-20(27-21-14-28(3)15-21)13-22(16)25(29)26-17(2)18-6-5-7-19(12-18)23-10-11-24(30-4)31-23/h5-13,17,21,27H,14-15H2,1-4H3,(H,26,29). The monoisotopic (exact) mass is 435 g/mol. The highest BCUT2D eigenvalue weighted by Gasteiger charge is 2.23. The summed E-state index contributed by atoms with van der Waals surface area (Å²) in [6.45, 7) is 6.05. The maximum absolute atomic E-state index is 13.1. The van der Waals surface area contributed by atoms with Crippen molar-refractivity contribution in [1.29, 1.82) is 0 Å². The Morgan fingerprint density at radius 3 is 2.68 bits per heavy atom. The molecule has 1 aromatic heterocycles. The molecule has 2 heterocycles. The summed E-state index contributed by atoms with van der Waals surface area (Å²) in [5.74, 6) is -0.0532. The fraction of sp³-hybridized carbons (Fsp3) is 0.320. The number of hydrogen-bond donors (Lipinski definition) is 2. The zero-order valence-electron chi connectivity index (χ0n) is 18.4. The lowest BCUT2D eigenvalue weighted by molar-refractivity contribution is 0.0939. The molecule has 0 aliphatic carbocycles. The highest BCUT2D eigenvalue weighted by molar-refractivity contribution is 7.17. The number of likely N-dealkylation sites (tertiary alicyclic amines) is 1. The number of methoxy groups -OCH3 is 1. The van der Waals surface area contributed by atoms with Crippen molar-refractivity contribution in [3.8, 4) is 15.5 Å². The second-order valence-electron chi connectivity index (χ2n) is 8.24. The summed E-state index contributed by atoms with van der Waals surface area (Å²) in [6.07, 6.45) is 0. The van der Waals surface area contributed by atoms with Crippen LogP contribution < -0.4 is 15.4 Å². The lowest BCUT2D eigenvalue weighted by Crippen LogP contribution is -2.52. The third-order valence-electron chi connectivity index (χ3n) is 5.72. The Hall–Kier alpha value is -2.83. The number of ether oxygens (including phenoxy) is 1. The topological polar surface area (TPSA) is 53.6 Å². The van der Waals surface area contributed by atoms with Gasteiger partial charge < -0.3 is 20.3 Å². The minimum Gasteiger partial charge on any atom is -0.487 e. The van der Waals surface area contributed by atoms with Crippen LogP contribution in [0.2, 0.25) is 0 Å². The van der Waals surface area contributed by atoms with E-state index in [1.807, 2.05) is 44.2 Å². The first-order valence-electron chi connectivity index (χ1n) is 10.5. The number of anilines is 1. The summed E-state index contributed by atoms with van der Waals surface area (Å²) < 4.78 is 5.31. The van der Waals surface area contributed by atoms with Crippen LogP contribution >= 0.6 is 11.3 Å². The maximum atomic E-state index is 13.1. The quantitative estimate of drug-likeness (QED) is 0.551. The van der Waals surface area contributed by atoms with E-state index in [-0.39, 0.29) is 11.9 Å². The van der Waals surface area contributed by atoms with Crippen molar-refractivity contribution >= 4 is 22.9 Å². The molecule has 4 rings (SSSR count). The molecule has 1 fully saturated rings. The van der Waals surface area contributed by atoms with Crippen LogP contribution in [0.3, 0.4) is 0 Å². The van der Waals surface area contributed by atoms with Gasteiger partial charge in [-0.05, 0) is 67.9 Å². The Morgan fingerprint density at radius 2 is 1.97 bits per heavy atom. The number of likely N-dealkylation sites (N-methyl/N-ethyl adjacent to an activating group) is 1. The Bertz CT molecular complexity index is 1070. The molecule has 6 heteroatoms. The third-order valence-corrected chi connectivity index (χ3v) is 6.81. The number of carbonyl (C=O) groups is 1. The molecule has 162 valence electrons. The first-order valence-corrected chi connectivity index (χ1v) is 11.4. The number of aryl methyl sites for hydroxylation is 1. The van der Waals surface area contributed by atoms with Crippen molar-refractivity contribution < 1.29 is 9.53 Å². The van der Waals surface area contributed by atoms with Crippen LogP contribution in [0.25, 0.3) is 10.4 Å². The lowest BCUT2D eigenvalue weighted by atomic mass is 10.0. The number of amides is 1. The SMILES string of the molecule is COc1ccc(-c2cccc(C(C)NC(=O)c3cc(NC4CN(C)C4)ccc3C)c2)s1. The predicted molar refractivity (Wildman–Crippen MR) is 128 cm³/mol. The molecule has 2 N–H and O–H groups in total. The average Bonchev–Trinajstić information content (AvgIpc) is 3.23. The van der Waals surface area contributed by atoms with Crippen molar-refractivity contribution in [3.63, 3.8) is 0 Å². The van der Waals surface area contributed by atoms with Crippen LogP contribution in [0.4, 0.5) is 5.69 Å². The number of nitrogens with zero attached hydrogens (tertiary/aromatic N) is 1. The molecular formula is C25H29N3O2S. The molecule has 31 heavy (non-hydrogen) atoms. The van der Waals surface area contributed by atoms with Crippen LogP contribution in [0.1, 0.15) is 34.5 Å². The summed E-state index contributed by atoms with van der Waals surface area (Å²) in [5.41, 5.74) is 4.88. The fourth-order valence-corrected chi connectivity index (χ4v) is 4.70. The number of benzene rings is 2. The van der Waals surface area contributed by atoms with Crippen LogP contribution in [0.15, 0.2) is 54.6 Å². The minimum atomic E-state index is -0.106. The largest absolute Gasteiger partial charge is 0.487 e. The number of thiophene rings is 1. The van der Waals surface area contributed by atoms with Gasteiger partial charge >= 0.3 is 0 Å². The average molecular weight is 436 g/mol. The van der Waals surface area contributed by atoms with Gasteiger partial charge in [-0.2, -0.15) is 0 Å². The molecule has 3 aromatic rings. The van der Waals surface area contributed by atoms with Crippen LogP contribution in [-0.4, -0.2) is 44.1 Å². The van der Waals surface area contributed by atoms with Crippen molar-refractivity contribution in [2.45, 2.75) is 25.9 Å². The van der Waals surface area contributed by atoms with Gasteiger partial charge in [0, 0.05) is 29.2 Å². The summed E-state index contributed by atoms with van der Waals surface area (Å²) >= 11 is 1.61. The molecule has 0 spiro atoms. The Morgan fingerprint density at radius 1 is 1.16 bits per heavy atom. The number of rotatable bonds is 7. The van der Waals surface area contributed by atoms with Gasteiger partial charge in [0.2, 0.25) is 0 Å². The molecule has 1 atom stereocenters. The Balaban J connectivity index is 1.46. The zero-order valence-corrected chi connectivity index (χ0v) is 19.3. The smallest absolute Gasteiger partial charge is 0.252 e. The van der Waals surface area contributed by atoms with Crippen molar-refractivity contribution in [1.82, 2.24) is 10.2 Å². The molecule has 1 amide bonds. The first-order chi connectivity index (χ1) is 14.9. The summed E-state index contributed by atoms with van der Waals surface area (Å²) in [5, 5.41) is 7.57. The van der Waals surface area contributed by atoms with Crippen molar-refractivity contribution in [2.24, 2.45) is 0 Å². The molecule has 2 aromatic carbocycles. The molecule has 0 saturated carbocycles. The third kappa shape index (κ3) is 4.92. The number of hydrogen-bond acceptors (Lipinski definition) is 5. The summed E-state index contributed by atoms with van der Waals surface area (Å²) in [6, 6.07) is 18.7.